The molecule has 1 aromatic carbocycles. The summed E-state index contributed by atoms with van der Waals surface area (Å²) in [6.07, 6.45) is 2.40. The zero-order chi connectivity index (χ0) is 13.1. The van der Waals surface area contributed by atoms with Gasteiger partial charge in [0.2, 0.25) is 0 Å². The van der Waals surface area contributed by atoms with Gasteiger partial charge < -0.3 is 5.73 Å². The van der Waals surface area contributed by atoms with Crippen molar-refractivity contribution >= 4 is 24.0 Å². The predicted molar refractivity (Wildman–Crippen MR) is 85.1 cm³/mol. The average Bonchev–Trinajstić information content (AvgIpc) is 2.38. The lowest BCUT2D eigenvalue weighted by Crippen LogP contribution is -2.40. The van der Waals surface area contributed by atoms with Crippen LogP contribution in [0.5, 0.6) is 0 Å². The van der Waals surface area contributed by atoms with Crippen LogP contribution in [0.3, 0.4) is 0 Å². The van der Waals surface area contributed by atoms with Gasteiger partial charge in [-0.1, -0.05) is 29.8 Å². The van der Waals surface area contributed by atoms with E-state index in [0.29, 0.717) is 18.0 Å². The van der Waals surface area contributed by atoms with Gasteiger partial charge in [0.1, 0.15) is 0 Å². The molecule has 1 saturated heterocycles. The number of piperidine rings is 1. The van der Waals surface area contributed by atoms with E-state index in [1.165, 1.54) is 18.4 Å². The van der Waals surface area contributed by atoms with Gasteiger partial charge in [-0.15, -0.1) is 12.4 Å². The van der Waals surface area contributed by atoms with Crippen molar-refractivity contribution in [2.45, 2.75) is 38.8 Å². The van der Waals surface area contributed by atoms with Crippen molar-refractivity contribution in [2.75, 3.05) is 13.1 Å². The highest BCUT2D eigenvalue weighted by molar-refractivity contribution is 6.31. The van der Waals surface area contributed by atoms with Crippen LogP contribution in [0.4, 0.5) is 0 Å². The largest absolute Gasteiger partial charge is 0.328 e. The zero-order valence-corrected chi connectivity index (χ0v) is 13.3. The van der Waals surface area contributed by atoms with Gasteiger partial charge in [0, 0.05) is 17.1 Å². The van der Waals surface area contributed by atoms with E-state index < -0.39 is 0 Å². The van der Waals surface area contributed by atoms with E-state index in [9.17, 15) is 0 Å². The van der Waals surface area contributed by atoms with Crippen LogP contribution in [0.15, 0.2) is 24.3 Å². The second-order valence-corrected chi connectivity index (χ2v) is 5.84. The molecule has 0 amide bonds. The number of likely N-dealkylation sites (tertiary alicyclic amines) is 1. The Bertz CT molecular complexity index is 387. The minimum atomic E-state index is 0. The lowest BCUT2D eigenvalue weighted by molar-refractivity contribution is 0.132. The Morgan fingerprint density at radius 3 is 2.32 bits per heavy atom. The normalized spacial score (nSPS) is 20.6. The molecule has 2 unspecified atom stereocenters. The van der Waals surface area contributed by atoms with Gasteiger partial charge in [-0.25, -0.2) is 0 Å². The molecule has 2 rings (SSSR count). The van der Waals surface area contributed by atoms with E-state index in [-0.39, 0.29) is 12.4 Å². The van der Waals surface area contributed by atoms with Gasteiger partial charge in [0.05, 0.1) is 0 Å². The zero-order valence-electron chi connectivity index (χ0n) is 11.7. The lowest BCUT2D eigenvalue weighted by Gasteiger charge is -2.37. The fourth-order valence-corrected chi connectivity index (χ4v) is 3.14. The summed E-state index contributed by atoms with van der Waals surface area (Å²) < 4.78 is 0. The van der Waals surface area contributed by atoms with Crippen molar-refractivity contribution < 1.29 is 0 Å². The fourth-order valence-electron chi connectivity index (χ4n) is 2.84. The summed E-state index contributed by atoms with van der Waals surface area (Å²) >= 11 is 6.27. The Hall–Kier alpha value is -0.280. The van der Waals surface area contributed by atoms with Crippen LogP contribution in [0.1, 0.15) is 38.3 Å². The number of nitrogens with two attached hydrogens (primary N) is 1. The lowest BCUT2D eigenvalue weighted by atomic mass is 9.90. The summed E-state index contributed by atoms with van der Waals surface area (Å²) in [6.45, 7) is 6.61. The molecule has 2 atom stereocenters. The molecule has 108 valence electrons. The molecular weight excluding hydrogens is 279 g/mol. The molecule has 19 heavy (non-hydrogen) atoms. The number of hydrogen-bond acceptors (Lipinski definition) is 2. The minimum absolute atomic E-state index is 0. The van der Waals surface area contributed by atoms with Crippen LogP contribution in [-0.4, -0.2) is 24.0 Å². The van der Waals surface area contributed by atoms with Crippen LogP contribution < -0.4 is 5.73 Å². The Morgan fingerprint density at radius 2 is 1.79 bits per heavy atom. The standard InChI is InChI=1S/C15H23ClN2.ClH/c1-11(17)13-7-9-18(10-8-13)12(2)14-5-3-4-6-15(14)16;/h3-6,11-13H,7-10,17H2,1-2H3;1H. The first kappa shape index (κ1) is 16.8. The molecule has 2 nitrogen and oxygen atoms in total. The third-order valence-corrected chi connectivity index (χ3v) is 4.57. The minimum Gasteiger partial charge on any atom is -0.328 e. The molecule has 0 aromatic heterocycles. The molecule has 1 aliphatic heterocycles. The van der Waals surface area contributed by atoms with Crippen LogP contribution >= 0.6 is 24.0 Å². The van der Waals surface area contributed by atoms with E-state index in [4.69, 9.17) is 17.3 Å². The van der Waals surface area contributed by atoms with E-state index in [2.05, 4.69) is 30.9 Å². The first-order valence-electron chi connectivity index (χ1n) is 6.83. The van der Waals surface area contributed by atoms with E-state index in [1.807, 2.05) is 12.1 Å². The molecule has 0 saturated carbocycles. The molecule has 0 spiro atoms. The summed E-state index contributed by atoms with van der Waals surface area (Å²) in [6, 6.07) is 8.87. The van der Waals surface area contributed by atoms with Gasteiger partial charge in [0.15, 0.2) is 0 Å². The third-order valence-electron chi connectivity index (χ3n) is 4.22. The molecule has 1 fully saturated rings. The smallest absolute Gasteiger partial charge is 0.0453 e. The SMILES string of the molecule is CC(N)C1CCN(C(C)c2ccccc2Cl)CC1.Cl. The van der Waals surface area contributed by atoms with Gasteiger partial charge in [-0.2, -0.15) is 0 Å². The third kappa shape index (κ3) is 4.09. The fraction of sp³-hybridized carbons (Fsp3) is 0.600. The molecule has 0 bridgehead atoms. The van der Waals surface area contributed by atoms with Crippen LogP contribution in [0.25, 0.3) is 0 Å². The number of benzene rings is 1. The predicted octanol–water partition coefficient (Wildman–Crippen LogP) is 3.88. The highest BCUT2D eigenvalue weighted by Crippen LogP contribution is 2.30. The van der Waals surface area contributed by atoms with Crippen molar-refractivity contribution in [3.8, 4) is 0 Å². The van der Waals surface area contributed by atoms with Crippen LogP contribution in [-0.2, 0) is 0 Å². The van der Waals surface area contributed by atoms with E-state index in [0.717, 1.165) is 18.1 Å². The topological polar surface area (TPSA) is 29.3 Å². The maximum atomic E-state index is 6.27. The summed E-state index contributed by atoms with van der Waals surface area (Å²) in [4.78, 5) is 2.51. The van der Waals surface area contributed by atoms with Crippen molar-refractivity contribution in [3.05, 3.63) is 34.9 Å². The monoisotopic (exact) mass is 302 g/mol. The molecule has 4 heteroatoms. The number of rotatable bonds is 3. The molecular formula is C15H24Cl2N2. The maximum absolute atomic E-state index is 6.27. The molecule has 1 heterocycles. The highest BCUT2D eigenvalue weighted by Gasteiger charge is 2.25. The van der Waals surface area contributed by atoms with Crippen LogP contribution in [0, 0.1) is 5.92 Å². The molecule has 0 aliphatic carbocycles. The van der Waals surface area contributed by atoms with Crippen molar-refractivity contribution in [3.63, 3.8) is 0 Å². The second kappa shape index (κ2) is 7.49. The van der Waals surface area contributed by atoms with Gasteiger partial charge in [-0.05, 0) is 57.3 Å². The Labute approximate surface area is 127 Å². The number of halogens is 2. The Morgan fingerprint density at radius 1 is 1.21 bits per heavy atom. The highest BCUT2D eigenvalue weighted by atomic mass is 35.5. The molecule has 1 aromatic rings. The maximum Gasteiger partial charge on any atom is 0.0453 e. The van der Waals surface area contributed by atoms with E-state index >= 15 is 0 Å². The van der Waals surface area contributed by atoms with Gasteiger partial charge in [0.25, 0.3) is 0 Å². The van der Waals surface area contributed by atoms with Crippen molar-refractivity contribution in [1.29, 1.82) is 0 Å². The Balaban J connectivity index is 0.00000180. The molecule has 2 N–H and O–H groups in total. The van der Waals surface area contributed by atoms with Gasteiger partial charge >= 0.3 is 0 Å². The summed E-state index contributed by atoms with van der Waals surface area (Å²) in [5.41, 5.74) is 7.22. The summed E-state index contributed by atoms with van der Waals surface area (Å²) in [5.74, 6) is 0.680. The van der Waals surface area contributed by atoms with Gasteiger partial charge in [-0.3, -0.25) is 4.90 Å². The summed E-state index contributed by atoms with van der Waals surface area (Å²) in [5, 5.41) is 0.874. The van der Waals surface area contributed by atoms with Crippen molar-refractivity contribution in [2.24, 2.45) is 11.7 Å². The van der Waals surface area contributed by atoms with Crippen molar-refractivity contribution in [1.82, 2.24) is 4.90 Å². The first-order valence-corrected chi connectivity index (χ1v) is 7.21. The average molecular weight is 303 g/mol. The quantitative estimate of drug-likeness (QED) is 0.918. The second-order valence-electron chi connectivity index (χ2n) is 5.43. The first-order chi connectivity index (χ1) is 8.59. The number of nitrogens with zero attached hydrogens (tertiary/aromatic N) is 1. The summed E-state index contributed by atoms with van der Waals surface area (Å²) in [7, 11) is 0. The van der Waals surface area contributed by atoms with E-state index in [1.54, 1.807) is 0 Å². The Kier molecular flexibility index (Phi) is 6.61. The molecule has 0 radical (unpaired) electrons. The molecule has 1 aliphatic rings. The number of hydrogen-bond donors (Lipinski definition) is 1. The van der Waals surface area contributed by atoms with Crippen LogP contribution in [0.2, 0.25) is 5.02 Å².